The van der Waals surface area contributed by atoms with Gasteiger partial charge in [0.2, 0.25) is 10.0 Å². The standard InChI is InChI=1S/C16H17F2NO2S/c1-10-4-5-11(2)14(8-10)12(3)19-22(20,21)16-9-13(17)6-7-15(16)18/h4-9,12,19H,1-3H3/t12-/m0/s1. The summed E-state index contributed by atoms with van der Waals surface area (Å²) < 4.78 is 53.8. The zero-order valence-corrected chi connectivity index (χ0v) is 13.3. The van der Waals surface area contributed by atoms with E-state index in [1.54, 1.807) is 6.92 Å². The monoisotopic (exact) mass is 325 g/mol. The molecule has 0 heterocycles. The van der Waals surface area contributed by atoms with E-state index < -0.39 is 32.6 Å². The summed E-state index contributed by atoms with van der Waals surface area (Å²) in [7, 11) is -4.16. The van der Waals surface area contributed by atoms with Crippen molar-refractivity contribution in [3.8, 4) is 0 Å². The zero-order valence-electron chi connectivity index (χ0n) is 12.5. The van der Waals surface area contributed by atoms with Crippen LogP contribution >= 0.6 is 0 Å². The van der Waals surface area contributed by atoms with Gasteiger partial charge < -0.3 is 0 Å². The smallest absolute Gasteiger partial charge is 0.207 e. The van der Waals surface area contributed by atoms with Crippen LogP contribution < -0.4 is 4.72 Å². The average Bonchev–Trinajstić information content (AvgIpc) is 2.43. The summed E-state index contributed by atoms with van der Waals surface area (Å²) in [6.07, 6.45) is 0. The Morgan fingerprint density at radius 2 is 1.73 bits per heavy atom. The number of sulfonamides is 1. The normalized spacial score (nSPS) is 13.1. The lowest BCUT2D eigenvalue weighted by molar-refractivity contribution is 0.538. The molecule has 3 nitrogen and oxygen atoms in total. The summed E-state index contributed by atoms with van der Waals surface area (Å²) in [6.45, 7) is 5.43. The molecule has 0 aliphatic carbocycles. The molecule has 22 heavy (non-hydrogen) atoms. The maximum absolute atomic E-state index is 13.7. The van der Waals surface area contributed by atoms with Crippen molar-refractivity contribution in [2.45, 2.75) is 31.7 Å². The molecule has 0 radical (unpaired) electrons. The van der Waals surface area contributed by atoms with Crippen molar-refractivity contribution in [1.29, 1.82) is 0 Å². The number of nitrogens with one attached hydrogen (secondary N) is 1. The Kier molecular flexibility index (Phi) is 4.63. The fourth-order valence-electron chi connectivity index (χ4n) is 2.27. The third-order valence-electron chi connectivity index (χ3n) is 3.42. The van der Waals surface area contributed by atoms with Crippen molar-refractivity contribution in [1.82, 2.24) is 4.72 Å². The van der Waals surface area contributed by atoms with Gasteiger partial charge in [-0.15, -0.1) is 0 Å². The van der Waals surface area contributed by atoms with Crippen LogP contribution in [0.4, 0.5) is 8.78 Å². The van der Waals surface area contributed by atoms with E-state index in [4.69, 9.17) is 0 Å². The lowest BCUT2D eigenvalue weighted by atomic mass is 10.0. The van der Waals surface area contributed by atoms with E-state index in [-0.39, 0.29) is 0 Å². The van der Waals surface area contributed by atoms with E-state index in [0.717, 1.165) is 28.8 Å². The van der Waals surface area contributed by atoms with Crippen molar-refractivity contribution in [3.05, 3.63) is 64.7 Å². The molecule has 2 aromatic rings. The SMILES string of the molecule is Cc1ccc(C)c([C@H](C)NS(=O)(=O)c2cc(F)ccc2F)c1. The number of aryl methyl sites for hydroxylation is 2. The van der Waals surface area contributed by atoms with E-state index in [1.807, 2.05) is 32.0 Å². The van der Waals surface area contributed by atoms with Crippen LogP contribution in [0, 0.1) is 25.5 Å². The molecule has 6 heteroatoms. The molecule has 2 aromatic carbocycles. The van der Waals surface area contributed by atoms with Crippen LogP contribution in [-0.2, 0) is 10.0 Å². The first-order chi connectivity index (χ1) is 10.2. The number of hydrogen-bond acceptors (Lipinski definition) is 2. The van der Waals surface area contributed by atoms with E-state index >= 15 is 0 Å². The molecule has 0 aliphatic heterocycles. The van der Waals surface area contributed by atoms with Gasteiger partial charge >= 0.3 is 0 Å². The molecular formula is C16H17F2NO2S. The highest BCUT2D eigenvalue weighted by atomic mass is 32.2. The Labute approximate surface area is 129 Å². The maximum atomic E-state index is 13.7. The molecule has 2 rings (SSSR count). The van der Waals surface area contributed by atoms with Crippen molar-refractivity contribution >= 4 is 10.0 Å². The molecule has 1 N–H and O–H groups in total. The van der Waals surface area contributed by atoms with Crippen LogP contribution in [0.1, 0.15) is 29.7 Å². The third kappa shape index (κ3) is 3.51. The zero-order chi connectivity index (χ0) is 16.5. The number of halogens is 2. The van der Waals surface area contributed by atoms with Crippen LogP contribution in [0.2, 0.25) is 0 Å². The van der Waals surface area contributed by atoms with Gasteiger partial charge in [0.15, 0.2) is 0 Å². The van der Waals surface area contributed by atoms with Gasteiger partial charge in [-0.3, -0.25) is 0 Å². The second-order valence-corrected chi connectivity index (χ2v) is 6.96. The summed E-state index contributed by atoms with van der Waals surface area (Å²) in [5.74, 6) is -1.79. The predicted octanol–water partition coefficient (Wildman–Crippen LogP) is 3.62. The molecule has 118 valence electrons. The van der Waals surface area contributed by atoms with E-state index in [1.165, 1.54) is 0 Å². The summed E-state index contributed by atoms with van der Waals surface area (Å²) in [6, 6.07) is 7.46. The number of benzene rings is 2. The van der Waals surface area contributed by atoms with Gasteiger partial charge in [0.05, 0.1) is 0 Å². The fourth-order valence-corrected chi connectivity index (χ4v) is 3.58. The predicted molar refractivity (Wildman–Crippen MR) is 81.0 cm³/mol. The topological polar surface area (TPSA) is 46.2 Å². The van der Waals surface area contributed by atoms with Gasteiger partial charge in [-0.2, -0.15) is 0 Å². The van der Waals surface area contributed by atoms with Crippen molar-refractivity contribution in [3.63, 3.8) is 0 Å². The minimum atomic E-state index is -4.16. The minimum Gasteiger partial charge on any atom is -0.207 e. The van der Waals surface area contributed by atoms with Crippen molar-refractivity contribution in [2.24, 2.45) is 0 Å². The summed E-state index contributed by atoms with van der Waals surface area (Å²) >= 11 is 0. The summed E-state index contributed by atoms with van der Waals surface area (Å²) in [5, 5.41) is 0. The molecule has 0 bridgehead atoms. The van der Waals surface area contributed by atoms with Gasteiger partial charge in [0, 0.05) is 6.04 Å². The molecule has 1 atom stereocenters. The van der Waals surface area contributed by atoms with Gasteiger partial charge in [0.25, 0.3) is 0 Å². The van der Waals surface area contributed by atoms with E-state index in [2.05, 4.69) is 4.72 Å². The lowest BCUT2D eigenvalue weighted by Gasteiger charge is -2.17. The lowest BCUT2D eigenvalue weighted by Crippen LogP contribution is -2.28. The minimum absolute atomic E-state index is 0.562. The highest BCUT2D eigenvalue weighted by Crippen LogP contribution is 2.23. The quantitative estimate of drug-likeness (QED) is 0.933. The van der Waals surface area contributed by atoms with Crippen molar-refractivity contribution < 1.29 is 17.2 Å². The second-order valence-electron chi connectivity index (χ2n) is 5.28. The van der Waals surface area contributed by atoms with E-state index in [9.17, 15) is 17.2 Å². The first-order valence-electron chi connectivity index (χ1n) is 6.75. The highest BCUT2D eigenvalue weighted by Gasteiger charge is 2.23. The molecular weight excluding hydrogens is 308 g/mol. The largest absolute Gasteiger partial charge is 0.244 e. The molecule has 0 spiro atoms. The Morgan fingerprint density at radius 1 is 1.05 bits per heavy atom. The Bertz CT molecular complexity index is 804. The molecule has 0 unspecified atom stereocenters. The Hall–Kier alpha value is -1.79. The first kappa shape index (κ1) is 16.6. The summed E-state index contributed by atoms with van der Waals surface area (Å²) in [4.78, 5) is -0.690. The molecule has 0 aromatic heterocycles. The Balaban J connectivity index is 2.36. The van der Waals surface area contributed by atoms with Gasteiger partial charge in [-0.25, -0.2) is 21.9 Å². The number of hydrogen-bond donors (Lipinski definition) is 1. The second kappa shape index (κ2) is 6.14. The fraction of sp³-hybridized carbons (Fsp3) is 0.250. The van der Waals surface area contributed by atoms with Crippen LogP contribution in [0.5, 0.6) is 0 Å². The van der Waals surface area contributed by atoms with Crippen LogP contribution in [0.25, 0.3) is 0 Å². The molecule has 0 saturated heterocycles. The van der Waals surface area contributed by atoms with Gasteiger partial charge in [0.1, 0.15) is 16.5 Å². The molecule has 0 fully saturated rings. The highest BCUT2D eigenvalue weighted by molar-refractivity contribution is 7.89. The molecule has 0 aliphatic rings. The molecule has 0 amide bonds. The van der Waals surface area contributed by atoms with Crippen molar-refractivity contribution in [2.75, 3.05) is 0 Å². The Morgan fingerprint density at radius 3 is 2.41 bits per heavy atom. The molecule has 0 saturated carbocycles. The van der Waals surface area contributed by atoms with Crippen LogP contribution in [0.15, 0.2) is 41.3 Å². The number of rotatable bonds is 4. The van der Waals surface area contributed by atoms with E-state index in [0.29, 0.717) is 6.07 Å². The van der Waals surface area contributed by atoms with Crippen LogP contribution in [-0.4, -0.2) is 8.42 Å². The average molecular weight is 325 g/mol. The maximum Gasteiger partial charge on any atom is 0.244 e. The third-order valence-corrected chi connectivity index (χ3v) is 4.97. The summed E-state index contributed by atoms with van der Waals surface area (Å²) in [5.41, 5.74) is 2.70. The van der Waals surface area contributed by atoms with Gasteiger partial charge in [-0.1, -0.05) is 23.8 Å². The van der Waals surface area contributed by atoms with Gasteiger partial charge in [-0.05, 0) is 50.1 Å². The van der Waals surface area contributed by atoms with Crippen LogP contribution in [0.3, 0.4) is 0 Å². The first-order valence-corrected chi connectivity index (χ1v) is 8.23.